The topological polar surface area (TPSA) is 52.6 Å². The molecule has 0 bridgehead atoms. The van der Waals surface area contributed by atoms with Gasteiger partial charge >= 0.3 is 0 Å². The fraction of sp³-hybridized carbons (Fsp3) is 1.00. The molecule has 0 radical (unpaired) electrons. The third-order valence-electron chi connectivity index (χ3n) is 2.77. The van der Waals surface area contributed by atoms with Crippen LogP contribution in [0.4, 0.5) is 0 Å². The van der Waals surface area contributed by atoms with E-state index in [4.69, 9.17) is 20.2 Å². The maximum Gasteiger partial charge on any atom is 0.232 e. The lowest BCUT2D eigenvalue weighted by Crippen LogP contribution is -2.31. The Labute approximate surface area is 122 Å². The molecule has 1 unspecified atom stereocenters. The molecule has 0 amide bonds. The fourth-order valence-corrected chi connectivity index (χ4v) is 2.98. The molecule has 1 atom stereocenters. The highest BCUT2D eigenvalue weighted by Gasteiger charge is 2.29. The molecule has 0 saturated heterocycles. The molecule has 116 valence electrons. The van der Waals surface area contributed by atoms with Crippen LogP contribution in [0.15, 0.2) is 0 Å². The summed E-state index contributed by atoms with van der Waals surface area (Å²) in [7, 11) is 1.82. The van der Waals surface area contributed by atoms with Crippen LogP contribution in [0.5, 0.6) is 0 Å². The summed E-state index contributed by atoms with van der Waals surface area (Å²) in [4.78, 5) is 0. The lowest BCUT2D eigenvalue weighted by Gasteiger charge is -2.29. The Hall–Kier alpha value is 0.160. The molecule has 19 heavy (non-hydrogen) atoms. The zero-order chi connectivity index (χ0) is 15.1. The molecule has 0 heterocycles. The summed E-state index contributed by atoms with van der Waals surface area (Å²) in [6.07, 6.45) is 0. The second-order valence-electron chi connectivity index (χ2n) is 6.31. The zero-order valence-electron chi connectivity index (χ0n) is 12.6. The van der Waals surface area contributed by atoms with Crippen molar-refractivity contribution >= 4 is 19.7 Å². The second kappa shape index (κ2) is 8.45. The van der Waals surface area contributed by atoms with Gasteiger partial charge in [-0.3, -0.25) is 0 Å². The van der Waals surface area contributed by atoms with E-state index in [0.29, 0.717) is 32.3 Å². The summed E-state index contributed by atoms with van der Waals surface area (Å²) in [6.45, 7) is 12.2. The molecule has 0 aliphatic heterocycles. The van der Waals surface area contributed by atoms with Gasteiger partial charge in [0.1, 0.15) is 0 Å². The summed E-state index contributed by atoms with van der Waals surface area (Å²) < 4.78 is 33.3. The number of hydrogen-bond donors (Lipinski definition) is 0. The summed E-state index contributed by atoms with van der Waals surface area (Å²) in [5.41, 5.74) is -0.166. The van der Waals surface area contributed by atoms with Gasteiger partial charge in [0.05, 0.1) is 25.6 Å². The molecule has 6 heteroatoms. The SMILES string of the molecule is CC(C)COCCOCC(CS(=O)(=O)Cl)C(C)(C)C. The van der Waals surface area contributed by atoms with E-state index in [2.05, 4.69) is 13.8 Å². The summed E-state index contributed by atoms with van der Waals surface area (Å²) in [6, 6.07) is 0. The molecule has 0 N–H and O–H groups in total. The van der Waals surface area contributed by atoms with Crippen LogP contribution in [0.3, 0.4) is 0 Å². The molecule has 0 fully saturated rings. The van der Waals surface area contributed by atoms with Crippen LogP contribution in [-0.4, -0.2) is 40.6 Å². The lowest BCUT2D eigenvalue weighted by molar-refractivity contribution is 0.0127. The van der Waals surface area contributed by atoms with E-state index in [9.17, 15) is 8.42 Å². The molecule has 0 rings (SSSR count). The summed E-state index contributed by atoms with van der Waals surface area (Å²) in [5.74, 6) is 0.314. The number of ether oxygens (including phenoxy) is 2. The van der Waals surface area contributed by atoms with E-state index in [1.54, 1.807) is 0 Å². The van der Waals surface area contributed by atoms with Gasteiger partial charge in [-0.1, -0.05) is 34.6 Å². The van der Waals surface area contributed by atoms with Crippen molar-refractivity contribution in [1.29, 1.82) is 0 Å². The van der Waals surface area contributed by atoms with Crippen molar-refractivity contribution in [3.63, 3.8) is 0 Å². The third kappa shape index (κ3) is 11.7. The Morgan fingerprint density at radius 1 is 1.05 bits per heavy atom. The van der Waals surface area contributed by atoms with Gasteiger partial charge in [-0.25, -0.2) is 8.42 Å². The average Bonchev–Trinajstić information content (AvgIpc) is 2.17. The van der Waals surface area contributed by atoms with Gasteiger partial charge in [-0.15, -0.1) is 0 Å². The standard InChI is InChI=1S/C13H27ClO4S/c1-11(2)8-17-6-7-18-9-12(13(3,4)5)10-19(14,15)16/h11-12H,6-10H2,1-5H3. The van der Waals surface area contributed by atoms with Crippen molar-refractivity contribution < 1.29 is 17.9 Å². The smallest absolute Gasteiger partial charge is 0.232 e. The van der Waals surface area contributed by atoms with Crippen LogP contribution in [0, 0.1) is 17.3 Å². The molecule has 0 spiro atoms. The van der Waals surface area contributed by atoms with Crippen LogP contribution < -0.4 is 0 Å². The van der Waals surface area contributed by atoms with Gasteiger partial charge in [0, 0.05) is 23.2 Å². The van der Waals surface area contributed by atoms with E-state index in [1.807, 2.05) is 20.8 Å². The molecule has 0 aromatic rings. The Bertz CT molecular complexity index is 333. The molecule has 0 saturated carbocycles. The van der Waals surface area contributed by atoms with E-state index < -0.39 is 9.05 Å². The van der Waals surface area contributed by atoms with Gasteiger partial charge in [0.25, 0.3) is 0 Å². The summed E-state index contributed by atoms with van der Waals surface area (Å²) >= 11 is 0. The average molecular weight is 315 g/mol. The monoisotopic (exact) mass is 314 g/mol. The van der Waals surface area contributed by atoms with Crippen molar-refractivity contribution in [2.24, 2.45) is 17.3 Å². The van der Waals surface area contributed by atoms with Crippen molar-refractivity contribution in [3.8, 4) is 0 Å². The predicted octanol–water partition coefficient (Wildman–Crippen LogP) is 2.91. The maximum atomic E-state index is 11.2. The first-order valence-corrected chi connectivity index (χ1v) is 9.08. The predicted molar refractivity (Wildman–Crippen MR) is 79.1 cm³/mol. The zero-order valence-corrected chi connectivity index (χ0v) is 14.2. The first-order chi connectivity index (χ1) is 8.52. The third-order valence-corrected chi connectivity index (χ3v) is 3.95. The van der Waals surface area contributed by atoms with E-state index >= 15 is 0 Å². The van der Waals surface area contributed by atoms with E-state index in [1.165, 1.54) is 0 Å². The highest BCUT2D eigenvalue weighted by molar-refractivity contribution is 8.13. The normalized spacial score (nSPS) is 14.9. The Morgan fingerprint density at radius 2 is 1.53 bits per heavy atom. The van der Waals surface area contributed by atoms with Crippen LogP contribution >= 0.6 is 10.7 Å². The minimum Gasteiger partial charge on any atom is -0.379 e. The minimum atomic E-state index is -3.50. The van der Waals surface area contributed by atoms with Crippen LogP contribution in [0.1, 0.15) is 34.6 Å². The summed E-state index contributed by atoms with van der Waals surface area (Å²) in [5, 5.41) is 0. The number of hydrogen-bond acceptors (Lipinski definition) is 4. The maximum absolute atomic E-state index is 11.2. The fourth-order valence-electron chi connectivity index (χ4n) is 1.45. The highest BCUT2D eigenvalue weighted by atomic mass is 35.7. The van der Waals surface area contributed by atoms with E-state index in [0.717, 1.165) is 0 Å². The Kier molecular flexibility index (Phi) is 8.52. The van der Waals surface area contributed by atoms with Crippen LogP contribution in [0.2, 0.25) is 0 Å². The lowest BCUT2D eigenvalue weighted by atomic mass is 9.82. The Balaban J connectivity index is 4.02. The highest BCUT2D eigenvalue weighted by Crippen LogP contribution is 2.28. The van der Waals surface area contributed by atoms with Crippen molar-refractivity contribution in [1.82, 2.24) is 0 Å². The molecule has 0 aliphatic rings. The van der Waals surface area contributed by atoms with Gasteiger partial charge in [-0.2, -0.15) is 0 Å². The largest absolute Gasteiger partial charge is 0.379 e. The molecule has 0 aliphatic carbocycles. The van der Waals surface area contributed by atoms with Crippen molar-refractivity contribution in [2.75, 3.05) is 32.2 Å². The van der Waals surface area contributed by atoms with Crippen LogP contribution in [-0.2, 0) is 18.5 Å². The quantitative estimate of drug-likeness (QED) is 0.485. The second-order valence-corrected chi connectivity index (χ2v) is 9.13. The molecular formula is C13H27ClO4S. The van der Waals surface area contributed by atoms with Gasteiger partial charge in [-0.05, 0) is 11.3 Å². The number of rotatable bonds is 9. The van der Waals surface area contributed by atoms with Crippen molar-refractivity contribution in [3.05, 3.63) is 0 Å². The molecule has 0 aromatic carbocycles. The van der Waals surface area contributed by atoms with Crippen LogP contribution in [0.25, 0.3) is 0 Å². The first-order valence-electron chi connectivity index (χ1n) is 6.60. The van der Waals surface area contributed by atoms with Gasteiger partial charge in [0.2, 0.25) is 9.05 Å². The number of halogens is 1. The Morgan fingerprint density at radius 3 is 1.89 bits per heavy atom. The van der Waals surface area contributed by atoms with Gasteiger partial charge in [0.15, 0.2) is 0 Å². The van der Waals surface area contributed by atoms with Gasteiger partial charge < -0.3 is 9.47 Å². The van der Waals surface area contributed by atoms with Crippen molar-refractivity contribution in [2.45, 2.75) is 34.6 Å². The first kappa shape index (κ1) is 19.2. The molecule has 4 nitrogen and oxygen atoms in total. The minimum absolute atomic E-state index is 0.0646. The molecular weight excluding hydrogens is 288 g/mol. The van der Waals surface area contributed by atoms with E-state index in [-0.39, 0.29) is 17.1 Å². The molecule has 0 aromatic heterocycles.